The molecule has 2 aromatic rings. The number of cyclic esters (lactones) is 1. The second-order valence-corrected chi connectivity index (χ2v) is 22.3. The summed E-state index contributed by atoms with van der Waals surface area (Å²) in [7, 11) is 6.69. The number of esters is 1. The van der Waals surface area contributed by atoms with Crippen LogP contribution in [0.2, 0.25) is 0 Å². The van der Waals surface area contributed by atoms with E-state index < -0.39 is 119 Å². The monoisotopic (exact) mass is 1080 g/mol. The highest BCUT2D eigenvalue weighted by molar-refractivity contribution is 5.92. The van der Waals surface area contributed by atoms with E-state index >= 15 is 0 Å². The number of aliphatic hydroxyl groups excluding tert-OH is 2. The maximum Gasteiger partial charge on any atom is 0.407 e. The Hall–Kier alpha value is -4.13. The van der Waals surface area contributed by atoms with E-state index in [1.165, 1.54) is 34.3 Å². The minimum atomic E-state index is -2.03. The number of carbonyl (C=O) groups is 4. The molecule has 1 aromatic carbocycles. The number of hydrogen-bond acceptors (Lipinski definition) is 18. The number of ketones is 1. The summed E-state index contributed by atoms with van der Waals surface area (Å²) in [5.74, 6) is -6.15. The van der Waals surface area contributed by atoms with E-state index in [4.69, 9.17) is 37.9 Å². The van der Waals surface area contributed by atoms with Crippen molar-refractivity contribution in [2.24, 2.45) is 23.7 Å². The number of hydrogen-bond donors (Lipinski definition) is 6. The van der Waals surface area contributed by atoms with Crippen molar-refractivity contribution in [3.63, 3.8) is 0 Å². The Balaban J connectivity index is 1.35. The lowest BCUT2D eigenvalue weighted by atomic mass is 9.74. The fourth-order valence-corrected chi connectivity index (χ4v) is 11.6. The van der Waals surface area contributed by atoms with Gasteiger partial charge in [-0.1, -0.05) is 33.8 Å². The Bertz CT molecular complexity index is 2370. The van der Waals surface area contributed by atoms with Crippen molar-refractivity contribution in [3.05, 3.63) is 45.7 Å². The fourth-order valence-electron chi connectivity index (χ4n) is 11.6. The van der Waals surface area contributed by atoms with E-state index in [1.54, 1.807) is 52.2 Å². The number of aromatic nitrogens is 1. The number of aromatic carboxylic acids is 1. The van der Waals surface area contributed by atoms with Crippen molar-refractivity contribution in [2.75, 3.05) is 47.9 Å². The Morgan fingerprint density at radius 1 is 0.882 bits per heavy atom. The van der Waals surface area contributed by atoms with Crippen LogP contribution in [0.3, 0.4) is 0 Å². The number of likely N-dealkylation sites (N-methyl/N-ethyl adjacent to an activating group) is 1. The van der Waals surface area contributed by atoms with Crippen LogP contribution in [0.1, 0.15) is 118 Å². The van der Waals surface area contributed by atoms with Crippen molar-refractivity contribution in [3.8, 4) is 0 Å². The van der Waals surface area contributed by atoms with Gasteiger partial charge in [0.15, 0.2) is 18.7 Å². The average Bonchev–Trinajstić information content (AvgIpc) is 3.37. The van der Waals surface area contributed by atoms with Crippen LogP contribution in [0.25, 0.3) is 10.9 Å². The minimum absolute atomic E-state index is 0.0124. The maximum atomic E-state index is 14.6. The Labute approximate surface area is 447 Å². The van der Waals surface area contributed by atoms with Crippen LogP contribution in [0, 0.1) is 23.7 Å². The third kappa shape index (κ3) is 14.0. The molecule has 18 atom stereocenters. The molecule has 0 spiro atoms. The van der Waals surface area contributed by atoms with Gasteiger partial charge in [0.25, 0.3) is 0 Å². The standard InChI is InChI=1S/C55H88N4O17/c1-16-40-55(11,68)46(63)31(5)42(60)29(3)26-53(9,69-14)47(75-51-44(62)39(58(12)13)24-30(4)71-51)32(6)45(33(7)50(66)73-40)74-41-27-54(10,70-15)48(34(8)72-41)76-52(67)57-23-22-56-21-20-35-18-19-38-36(25-35)43(61)37(49(64)65)28-59(38)17-2/h18-19,25,28-34,39-41,44-48,51,56,62-63,68H,16-17,20-24,26-27H2,1-15H3,(H,57,67)(H,64,65)/t29-,30-,31+,32+,33-,34+,39+,40-,41+,44-,45+,46-,47-,48+,51+,53-,54-,55?/m1/s1. The first-order valence-electron chi connectivity index (χ1n) is 26.8. The van der Waals surface area contributed by atoms with Crippen LogP contribution in [-0.4, -0.2) is 186 Å². The third-order valence-corrected chi connectivity index (χ3v) is 16.3. The molecule has 3 saturated heterocycles. The van der Waals surface area contributed by atoms with Crippen LogP contribution in [0.4, 0.5) is 4.79 Å². The summed E-state index contributed by atoms with van der Waals surface area (Å²) < 4.78 is 52.8. The number of ether oxygens (including phenoxy) is 8. The molecule has 1 aromatic heterocycles. The Kier molecular flexibility index (Phi) is 21.6. The van der Waals surface area contributed by atoms with Crippen molar-refractivity contribution >= 4 is 34.7 Å². The van der Waals surface area contributed by atoms with Gasteiger partial charge in [0.05, 0.1) is 47.6 Å². The van der Waals surface area contributed by atoms with Crippen molar-refractivity contribution < 1.29 is 77.5 Å². The summed E-state index contributed by atoms with van der Waals surface area (Å²) in [6, 6.07) is 5.09. The smallest absolute Gasteiger partial charge is 0.407 e. The number of nitrogens with zero attached hydrogens (tertiary/aromatic N) is 2. The number of rotatable bonds is 17. The molecule has 430 valence electrons. The third-order valence-electron chi connectivity index (χ3n) is 16.3. The molecular weight excluding hydrogens is 989 g/mol. The largest absolute Gasteiger partial charge is 0.477 e. The number of aliphatic hydroxyl groups is 3. The SMILES string of the molecule is CC[C@H]1OC(=O)[C@H](C)[C@@H](O[C@H]2C[C@@](C)(OC)[C@@H](OC(=O)NCCNCCc3ccc4c(c3)c(=O)c(C(=O)O)cn4CC)[C@H](C)O2)[C@H](C)[C@@H](O[C@@H]2O[C@H](C)C[C@H](N(C)C)[C@H]2O)[C@](C)(OC)C[C@@H](C)C(=O)[C@H](C)[C@@H](O)C1(C)O. The van der Waals surface area contributed by atoms with Gasteiger partial charge in [-0.15, -0.1) is 0 Å². The van der Waals surface area contributed by atoms with Gasteiger partial charge in [0, 0.05) is 75.7 Å². The molecule has 4 heterocycles. The molecule has 0 aliphatic carbocycles. The highest BCUT2D eigenvalue weighted by Crippen LogP contribution is 2.42. The number of carboxylic acid groups (broad SMARTS) is 1. The van der Waals surface area contributed by atoms with E-state index in [-0.39, 0.29) is 49.3 Å². The zero-order valence-electron chi connectivity index (χ0n) is 47.3. The van der Waals surface area contributed by atoms with Crippen LogP contribution in [-0.2, 0) is 60.4 Å². The van der Waals surface area contributed by atoms with Gasteiger partial charge in [0.2, 0.25) is 5.43 Å². The van der Waals surface area contributed by atoms with Crippen molar-refractivity contribution in [2.45, 2.75) is 199 Å². The number of carbonyl (C=O) groups excluding carboxylic acids is 3. The number of alkyl carbamates (subject to hydrolysis) is 1. The first-order chi connectivity index (χ1) is 35.6. The molecule has 0 saturated carbocycles. The van der Waals surface area contributed by atoms with Crippen molar-refractivity contribution in [1.29, 1.82) is 0 Å². The molecule has 0 radical (unpaired) electrons. The molecule has 0 bridgehead atoms. The molecule has 21 heteroatoms. The average molecular weight is 1080 g/mol. The predicted octanol–water partition coefficient (Wildman–Crippen LogP) is 4.04. The van der Waals surface area contributed by atoms with Crippen LogP contribution < -0.4 is 16.1 Å². The van der Waals surface area contributed by atoms with E-state index in [0.29, 0.717) is 43.4 Å². The first kappa shape index (κ1) is 62.7. The fraction of sp³-hybridized carbons (Fsp3) is 0.764. The highest BCUT2D eigenvalue weighted by Gasteiger charge is 2.55. The molecule has 3 fully saturated rings. The zero-order valence-corrected chi connectivity index (χ0v) is 47.3. The normalized spacial score (nSPS) is 37.1. The van der Waals surface area contributed by atoms with Gasteiger partial charge >= 0.3 is 18.0 Å². The van der Waals surface area contributed by atoms with E-state index in [0.717, 1.165) is 5.56 Å². The lowest BCUT2D eigenvalue weighted by Gasteiger charge is -2.50. The van der Waals surface area contributed by atoms with Crippen LogP contribution in [0.5, 0.6) is 0 Å². The summed E-state index contributed by atoms with van der Waals surface area (Å²) in [4.78, 5) is 68.7. The number of carboxylic acids is 1. The lowest BCUT2D eigenvalue weighted by molar-refractivity contribution is -0.319. The molecule has 3 aliphatic rings. The van der Waals surface area contributed by atoms with Gasteiger partial charge in [0.1, 0.15) is 34.8 Å². The minimum Gasteiger partial charge on any atom is -0.477 e. The van der Waals surface area contributed by atoms with E-state index in [2.05, 4.69) is 10.6 Å². The molecule has 76 heavy (non-hydrogen) atoms. The summed E-state index contributed by atoms with van der Waals surface area (Å²) >= 11 is 0. The first-order valence-corrected chi connectivity index (χ1v) is 26.8. The molecule has 1 amide bonds. The zero-order chi connectivity index (χ0) is 56.8. The molecule has 6 N–H and O–H groups in total. The van der Waals surface area contributed by atoms with Crippen LogP contribution in [0.15, 0.2) is 29.2 Å². The Morgan fingerprint density at radius 3 is 2.14 bits per heavy atom. The van der Waals surface area contributed by atoms with Gasteiger partial charge in [-0.2, -0.15) is 0 Å². The number of pyridine rings is 1. The van der Waals surface area contributed by atoms with Gasteiger partial charge < -0.3 is 78.4 Å². The second kappa shape index (κ2) is 26.2. The number of Topliss-reactive ketones (excluding diaryl/α,β-unsaturated/α-hetero) is 1. The number of methoxy groups -OCH3 is 2. The molecule has 5 rings (SSSR count). The summed E-state index contributed by atoms with van der Waals surface area (Å²) in [5, 5.41) is 51.2. The summed E-state index contributed by atoms with van der Waals surface area (Å²) in [6.07, 6.45) is -8.60. The number of aryl methyl sites for hydroxylation is 1. The lowest BCUT2D eigenvalue weighted by Crippen LogP contribution is -2.62. The number of fused-ring (bicyclic) bond motifs is 1. The number of nitrogens with one attached hydrogen (secondary N) is 2. The molecule has 3 aliphatic heterocycles. The number of amides is 1. The van der Waals surface area contributed by atoms with Gasteiger partial charge in [-0.3, -0.25) is 14.4 Å². The highest BCUT2D eigenvalue weighted by atomic mass is 16.7. The number of benzene rings is 1. The summed E-state index contributed by atoms with van der Waals surface area (Å²) in [6.45, 7) is 20.3. The molecule has 21 nitrogen and oxygen atoms in total. The van der Waals surface area contributed by atoms with Gasteiger partial charge in [-0.05, 0) is 112 Å². The summed E-state index contributed by atoms with van der Waals surface area (Å²) in [5.41, 5.74) is -3.89. The Morgan fingerprint density at radius 2 is 1.54 bits per heavy atom. The van der Waals surface area contributed by atoms with Crippen LogP contribution >= 0.6 is 0 Å². The van der Waals surface area contributed by atoms with Gasteiger partial charge in [-0.25, -0.2) is 9.59 Å². The topological polar surface area (TPSA) is 272 Å². The quantitative estimate of drug-likeness (QED) is 0.0964. The van der Waals surface area contributed by atoms with Crippen molar-refractivity contribution in [1.82, 2.24) is 20.1 Å². The predicted molar refractivity (Wildman–Crippen MR) is 281 cm³/mol. The second-order valence-electron chi connectivity index (χ2n) is 22.3. The molecular formula is C55H88N4O17. The molecule has 1 unspecified atom stereocenters. The van der Waals surface area contributed by atoms with E-state index in [1.807, 2.05) is 51.9 Å². The maximum absolute atomic E-state index is 14.6. The van der Waals surface area contributed by atoms with E-state index in [9.17, 15) is 44.4 Å².